The average molecular weight is 287 g/mol. The number of methoxy groups -OCH3 is 2. The number of anilines is 1. The van der Waals surface area contributed by atoms with Crippen molar-refractivity contribution >= 4 is 17.0 Å². The van der Waals surface area contributed by atoms with E-state index in [-0.39, 0.29) is 5.95 Å². The molecular formula is C13H13N5O3. The van der Waals surface area contributed by atoms with E-state index in [4.69, 9.17) is 19.9 Å². The standard InChI is InChI=1S/C13H13N5O3/c1-19-7-3-8(20-2)5-9(4-7)21-12-10-6-15-18-11(10)16-13(14)17-12/h3-6H,1-2H3,(H3,14,15,16,17,18). The zero-order chi connectivity index (χ0) is 14.8. The van der Waals surface area contributed by atoms with E-state index in [1.54, 1.807) is 38.6 Å². The lowest BCUT2D eigenvalue weighted by Crippen LogP contribution is -1.98. The molecule has 8 heteroatoms. The molecule has 1 aromatic carbocycles. The highest BCUT2D eigenvalue weighted by Gasteiger charge is 2.11. The summed E-state index contributed by atoms with van der Waals surface area (Å²) in [6, 6.07) is 5.17. The quantitative estimate of drug-likeness (QED) is 0.752. The number of ether oxygens (including phenoxy) is 3. The Morgan fingerprint density at radius 3 is 2.33 bits per heavy atom. The number of fused-ring (bicyclic) bond motifs is 1. The molecular weight excluding hydrogens is 274 g/mol. The number of nitrogen functional groups attached to an aromatic ring is 1. The number of benzene rings is 1. The Bertz CT molecular complexity index is 764. The molecule has 3 aromatic rings. The Morgan fingerprint density at radius 1 is 1.00 bits per heavy atom. The molecule has 0 unspecified atom stereocenters. The van der Waals surface area contributed by atoms with Crippen molar-refractivity contribution in [3.63, 3.8) is 0 Å². The van der Waals surface area contributed by atoms with Crippen molar-refractivity contribution in [3.8, 4) is 23.1 Å². The smallest absolute Gasteiger partial charge is 0.235 e. The molecule has 0 bridgehead atoms. The van der Waals surface area contributed by atoms with Crippen molar-refractivity contribution in [2.24, 2.45) is 0 Å². The molecule has 0 aliphatic carbocycles. The minimum Gasteiger partial charge on any atom is -0.496 e. The van der Waals surface area contributed by atoms with Gasteiger partial charge in [0.2, 0.25) is 11.8 Å². The molecule has 2 heterocycles. The second-order valence-electron chi connectivity index (χ2n) is 4.17. The van der Waals surface area contributed by atoms with Gasteiger partial charge in [-0.05, 0) is 0 Å². The summed E-state index contributed by atoms with van der Waals surface area (Å²) in [6.07, 6.45) is 1.57. The first-order chi connectivity index (χ1) is 10.2. The largest absolute Gasteiger partial charge is 0.496 e. The highest BCUT2D eigenvalue weighted by atomic mass is 16.5. The first-order valence-electron chi connectivity index (χ1n) is 6.07. The van der Waals surface area contributed by atoms with Crippen LogP contribution in [0.15, 0.2) is 24.4 Å². The maximum Gasteiger partial charge on any atom is 0.235 e. The summed E-state index contributed by atoms with van der Waals surface area (Å²) in [7, 11) is 3.13. The van der Waals surface area contributed by atoms with E-state index in [9.17, 15) is 0 Å². The van der Waals surface area contributed by atoms with Crippen molar-refractivity contribution < 1.29 is 14.2 Å². The van der Waals surface area contributed by atoms with Crippen LogP contribution in [-0.2, 0) is 0 Å². The highest BCUT2D eigenvalue weighted by Crippen LogP contribution is 2.32. The molecule has 8 nitrogen and oxygen atoms in total. The first-order valence-corrected chi connectivity index (χ1v) is 6.07. The zero-order valence-electron chi connectivity index (χ0n) is 11.5. The van der Waals surface area contributed by atoms with Crippen molar-refractivity contribution in [1.82, 2.24) is 20.2 Å². The van der Waals surface area contributed by atoms with Gasteiger partial charge in [-0.25, -0.2) is 0 Å². The van der Waals surface area contributed by atoms with Crippen molar-refractivity contribution in [2.45, 2.75) is 0 Å². The minimum absolute atomic E-state index is 0.0941. The van der Waals surface area contributed by atoms with Crippen LogP contribution in [0.4, 0.5) is 5.95 Å². The fourth-order valence-corrected chi connectivity index (χ4v) is 1.85. The molecule has 0 radical (unpaired) electrons. The van der Waals surface area contributed by atoms with Crippen LogP contribution in [-0.4, -0.2) is 34.4 Å². The molecule has 0 aliphatic heterocycles. The molecule has 21 heavy (non-hydrogen) atoms. The Hall–Kier alpha value is -3.03. The Balaban J connectivity index is 2.03. The van der Waals surface area contributed by atoms with Gasteiger partial charge in [0, 0.05) is 18.2 Å². The predicted octanol–water partition coefficient (Wildman–Crippen LogP) is 1.74. The van der Waals surface area contributed by atoms with Gasteiger partial charge in [0.15, 0.2) is 5.65 Å². The van der Waals surface area contributed by atoms with Crippen LogP contribution < -0.4 is 19.9 Å². The number of nitrogens with two attached hydrogens (primary N) is 1. The molecule has 0 amide bonds. The summed E-state index contributed by atoms with van der Waals surface area (Å²) in [6.45, 7) is 0. The topological polar surface area (TPSA) is 108 Å². The molecule has 0 saturated carbocycles. The second kappa shape index (κ2) is 5.16. The number of H-pyrrole nitrogens is 1. The predicted molar refractivity (Wildman–Crippen MR) is 75.7 cm³/mol. The van der Waals surface area contributed by atoms with Crippen molar-refractivity contribution in [2.75, 3.05) is 20.0 Å². The number of nitrogens with zero attached hydrogens (tertiary/aromatic N) is 3. The first kappa shape index (κ1) is 13.0. The summed E-state index contributed by atoms with van der Waals surface area (Å²) >= 11 is 0. The van der Waals surface area contributed by atoms with Crippen LogP contribution in [0.25, 0.3) is 11.0 Å². The zero-order valence-corrected chi connectivity index (χ0v) is 11.5. The summed E-state index contributed by atoms with van der Waals surface area (Å²) in [5.41, 5.74) is 6.16. The van der Waals surface area contributed by atoms with Gasteiger partial charge >= 0.3 is 0 Å². The van der Waals surface area contributed by atoms with E-state index >= 15 is 0 Å². The monoisotopic (exact) mass is 287 g/mol. The average Bonchev–Trinajstić information content (AvgIpc) is 2.95. The molecule has 108 valence electrons. The van der Waals surface area contributed by atoms with Gasteiger partial charge in [0.25, 0.3) is 0 Å². The van der Waals surface area contributed by atoms with E-state index in [0.717, 1.165) is 0 Å². The number of hydrogen-bond acceptors (Lipinski definition) is 7. The van der Waals surface area contributed by atoms with Crippen LogP contribution >= 0.6 is 0 Å². The lowest BCUT2D eigenvalue weighted by molar-refractivity contribution is 0.385. The lowest BCUT2D eigenvalue weighted by Gasteiger charge is -2.10. The molecule has 3 N–H and O–H groups in total. The maximum absolute atomic E-state index is 5.76. The second-order valence-corrected chi connectivity index (χ2v) is 4.17. The molecule has 0 spiro atoms. The van der Waals surface area contributed by atoms with E-state index in [1.807, 2.05) is 0 Å². The van der Waals surface area contributed by atoms with Gasteiger partial charge in [-0.3, -0.25) is 5.10 Å². The SMILES string of the molecule is COc1cc(OC)cc(Oc2nc(N)nc3[nH]ncc23)c1. The van der Waals surface area contributed by atoms with Crippen LogP contribution in [0.3, 0.4) is 0 Å². The Labute approximate surface area is 119 Å². The van der Waals surface area contributed by atoms with Gasteiger partial charge in [-0.15, -0.1) is 0 Å². The third-order valence-electron chi connectivity index (χ3n) is 2.83. The van der Waals surface area contributed by atoms with E-state index in [1.165, 1.54) is 0 Å². The van der Waals surface area contributed by atoms with Crippen molar-refractivity contribution in [1.29, 1.82) is 0 Å². The van der Waals surface area contributed by atoms with Gasteiger partial charge < -0.3 is 19.9 Å². The van der Waals surface area contributed by atoms with Gasteiger partial charge in [0.1, 0.15) is 22.6 Å². The number of rotatable bonds is 4. The summed E-state index contributed by atoms with van der Waals surface area (Å²) in [5, 5.41) is 7.25. The van der Waals surface area contributed by atoms with Crippen molar-refractivity contribution in [3.05, 3.63) is 24.4 Å². The maximum atomic E-state index is 5.76. The highest BCUT2D eigenvalue weighted by molar-refractivity contribution is 5.80. The van der Waals surface area contributed by atoms with E-state index in [2.05, 4.69) is 20.2 Å². The third kappa shape index (κ3) is 2.50. The molecule has 3 rings (SSSR count). The van der Waals surface area contributed by atoms with Crippen LogP contribution in [0, 0.1) is 0 Å². The Morgan fingerprint density at radius 2 is 1.67 bits per heavy atom. The van der Waals surface area contributed by atoms with Crippen LogP contribution in [0.1, 0.15) is 0 Å². The Kier molecular flexibility index (Phi) is 3.19. The number of nitrogens with one attached hydrogen (secondary N) is 1. The number of hydrogen-bond donors (Lipinski definition) is 2. The molecule has 0 saturated heterocycles. The molecule has 2 aromatic heterocycles. The molecule has 0 fully saturated rings. The van der Waals surface area contributed by atoms with E-state index < -0.39 is 0 Å². The summed E-state index contributed by atoms with van der Waals surface area (Å²) < 4.78 is 16.2. The number of aromatic nitrogens is 4. The fraction of sp³-hybridized carbons (Fsp3) is 0.154. The fourth-order valence-electron chi connectivity index (χ4n) is 1.85. The van der Waals surface area contributed by atoms with Gasteiger partial charge in [0.05, 0.1) is 20.4 Å². The normalized spacial score (nSPS) is 10.6. The lowest BCUT2D eigenvalue weighted by atomic mass is 10.3. The van der Waals surface area contributed by atoms with E-state index in [0.29, 0.717) is 34.2 Å². The molecule has 0 atom stereocenters. The van der Waals surface area contributed by atoms with Crippen LogP contribution in [0.2, 0.25) is 0 Å². The molecule has 0 aliphatic rings. The minimum atomic E-state index is 0.0941. The number of aromatic amines is 1. The van der Waals surface area contributed by atoms with Gasteiger partial charge in [-0.1, -0.05) is 0 Å². The van der Waals surface area contributed by atoms with Gasteiger partial charge in [-0.2, -0.15) is 15.1 Å². The summed E-state index contributed by atoms with van der Waals surface area (Å²) in [4.78, 5) is 8.11. The summed E-state index contributed by atoms with van der Waals surface area (Å²) in [5.74, 6) is 2.12. The van der Waals surface area contributed by atoms with Crippen LogP contribution in [0.5, 0.6) is 23.1 Å². The third-order valence-corrected chi connectivity index (χ3v) is 2.83.